The maximum absolute atomic E-state index is 12.5. The molecule has 0 N–H and O–H groups in total. The Bertz CT molecular complexity index is 577. The fraction of sp³-hybridized carbons (Fsp3) is 0.786. The topological polar surface area (TPSA) is 54.5 Å². The minimum absolute atomic E-state index is 0.00877. The number of amides is 1. The van der Waals surface area contributed by atoms with E-state index in [1.165, 1.54) is 0 Å². The lowest BCUT2D eigenvalue weighted by atomic mass is 9.69. The molecule has 0 radical (unpaired) electrons. The summed E-state index contributed by atoms with van der Waals surface area (Å²) in [4.78, 5) is 12.2. The first kappa shape index (κ1) is 13.2. The van der Waals surface area contributed by atoms with Crippen LogP contribution in [0.15, 0.2) is 12.2 Å². The predicted molar refractivity (Wildman–Crippen MR) is 72.8 cm³/mol. The lowest BCUT2D eigenvalue weighted by Gasteiger charge is -2.37. The summed E-state index contributed by atoms with van der Waals surface area (Å²) >= 11 is 0. The fourth-order valence-corrected chi connectivity index (χ4v) is 7.33. The van der Waals surface area contributed by atoms with Crippen molar-refractivity contribution in [2.45, 2.75) is 46.1 Å². The first-order chi connectivity index (χ1) is 8.63. The molecule has 3 rings (SSSR count). The molecule has 0 aromatic heterocycles. The Hall–Kier alpha value is -0.840. The van der Waals surface area contributed by atoms with E-state index in [-0.39, 0.29) is 22.6 Å². The molecule has 1 heterocycles. The number of nitrogens with zero attached hydrogens (tertiary/aromatic N) is 1. The van der Waals surface area contributed by atoms with E-state index in [9.17, 15) is 13.2 Å². The van der Waals surface area contributed by atoms with Gasteiger partial charge in [-0.25, -0.2) is 12.7 Å². The van der Waals surface area contributed by atoms with Gasteiger partial charge in [-0.2, -0.15) is 0 Å². The van der Waals surface area contributed by atoms with Gasteiger partial charge in [0.1, 0.15) is 0 Å². The monoisotopic (exact) mass is 283 g/mol. The molecule has 2 aliphatic carbocycles. The van der Waals surface area contributed by atoms with E-state index in [0.29, 0.717) is 11.5 Å². The summed E-state index contributed by atoms with van der Waals surface area (Å²) in [7, 11) is -3.48. The maximum Gasteiger partial charge on any atom is 0.262 e. The van der Waals surface area contributed by atoms with E-state index in [0.717, 1.165) is 23.6 Å². The second-order valence-corrected chi connectivity index (χ2v) is 8.85. The van der Waals surface area contributed by atoms with Gasteiger partial charge in [0.2, 0.25) is 10.0 Å². The lowest BCUT2D eigenvalue weighted by molar-refractivity contribution is -0.125. The Morgan fingerprint density at radius 1 is 1.37 bits per heavy atom. The van der Waals surface area contributed by atoms with Crippen LogP contribution >= 0.6 is 0 Å². The van der Waals surface area contributed by atoms with Gasteiger partial charge in [-0.15, -0.1) is 0 Å². The third-order valence-corrected chi connectivity index (χ3v) is 7.88. The molecule has 3 fully saturated rings. The number of hydrogen-bond donors (Lipinski definition) is 0. The van der Waals surface area contributed by atoms with Crippen molar-refractivity contribution in [3.8, 4) is 0 Å². The summed E-state index contributed by atoms with van der Waals surface area (Å²) in [6.07, 6.45) is 2.84. The molecule has 1 amide bonds. The Kier molecular flexibility index (Phi) is 2.37. The Morgan fingerprint density at radius 3 is 2.53 bits per heavy atom. The highest BCUT2D eigenvalue weighted by atomic mass is 32.2. The van der Waals surface area contributed by atoms with Crippen LogP contribution < -0.4 is 0 Å². The van der Waals surface area contributed by atoms with Crippen LogP contribution in [-0.2, 0) is 14.8 Å². The highest BCUT2D eigenvalue weighted by Gasteiger charge is 2.72. The number of carbonyl (C=O) groups excluding carboxylic acids is 1. The Morgan fingerprint density at radius 2 is 2.00 bits per heavy atom. The summed E-state index contributed by atoms with van der Waals surface area (Å²) in [5, 5.41) is 0. The van der Waals surface area contributed by atoms with Crippen LogP contribution in [0.1, 0.15) is 40.0 Å². The van der Waals surface area contributed by atoms with Crippen molar-refractivity contribution in [2.75, 3.05) is 5.75 Å². The quantitative estimate of drug-likeness (QED) is 0.691. The maximum atomic E-state index is 12.5. The van der Waals surface area contributed by atoms with Crippen molar-refractivity contribution in [1.82, 2.24) is 4.31 Å². The molecule has 5 heteroatoms. The van der Waals surface area contributed by atoms with Crippen LogP contribution in [0.2, 0.25) is 0 Å². The van der Waals surface area contributed by atoms with Crippen molar-refractivity contribution in [3.05, 3.63) is 12.2 Å². The number of fused-ring (bicyclic) bond motifs is 1. The molecule has 4 nitrogen and oxygen atoms in total. The number of sulfonamides is 1. The summed E-state index contributed by atoms with van der Waals surface area (Å²) in [5.41, 5.74) is 0.0809. The van der Waals surface area contributed by atoms with E-state index in [1.807, 2.05) is 0 Å². The smallest absolute Gasteiger partial charge is 0.262 e. The van der Waals surface area contributed by atoms with Crippen LogP contribution in [0.25, 0.3) is 0 Å². The first-order valence-corrected chi connectivity index (χ1v) is 8.46. The number of hydrogen-bond acceptors (Lipinski definition) is 3. The van der Waals surface area contributed by atoms with Crippen LogP contribution in [0.3, 0.4) is 0 Å². The zero-order valence-electron chi connectivity index (χ0n) is 11.8. The number of carbonyl (C=O) groups is 1. The first-order valence-electron chi connectivity index (χ1n) is 6.85. The van der Waals surface area contributed by atoms with Crippen LogP contribution in [0.4, 0.5) is 0 Å². The molecule has 1 aliphatic heterocycles. The van der Waals surface area contributed by atoms with Crippen LogP contribution in [-0.4, -0.2) is 30.4 Å². The molecule has 1 spiro atoms. The molecule has 0 aromatic carbocycles. The van der Waals surface area contributed by atoms with E-state index < -0.39 is 15.9 Å². The summed E-state index contributed by atoms with van der Waals surface area (Å²) < 4.78 is 26.1. The van der Waals surface area contributed by atoms with Gasteiger partial charge in [-0.05, 0) is 37.5 Å². The Labute approximate surface area is 114 Å². The van der Waals surface area contributed by atoms with E-state index in [4.69, 9.17) is 0 Å². The van der Waals surface area contributed by atoms with Gasteiger partial charge in [0, 0.05) is 11.0 Å². The third kappa shape index (κ3) is 1.34. The van der Waals surface area contributed by atoms with Crippen molar-refractivity contribution in [2.24, 2.45) is 16.7 Å². The average Bonchev–Trinajstić information content (AvgIpc) is 2.74. The van der Waals surface area contributed by atoms with E-state index in [1.54, 1.807) is 6.92 Å². The minimum Gasteiger partial charge on any atom is -0.268 e. The molecular weight excluding hydrogens is 262 g/mol. The Balaban J connectivity index is 2.12. The van der Waals surface area contributed by atoms with Gasteiger partial charge in [0.25, 0.3) is 5.91 Å². The van der Waals surface area contributed by atoms with Gasteiger partial charge >= 0.3 is 0 Å². The zero-order chi connectivity index (χ0) is 14.2. The third-order valence-electron chi connectivity index (χ3n) is 5.98. The van der Waals surface area contributed by atoms with Crippen LogP contribution in [0.5, 0.6) is 0 Å². The van der Waals surface area contributed by atoms with Crippen molar-refractivity contribution in [1.29, 1.82) is 0 Å². The summed E-state index contributed by atoms with van der Waals surface area (Å²) in [6, 6.07) is -0.143. The van der Waals surface area contributed by atoms with Crippen molar-refractivity contribution < 1.29 is 13.2 Å². The minimum atomic E-state index is -3.48. The molecule has 1 saturated heterocycles. The molecule has 0 aromatic rings. The molecule has 2 bridgehead atoms. The second-order valence-electron chi connectivity index (χ2n) is 7.00. The van der Waals surface area contributed by atoms with Gasteiger partial charge in [0.15, 0.2) is 0 Å². The molecule has 1 unspecified atom stereocenters. The lowest BCUT2D eigenvalue weighted by Crippen LogP contribution is -2.44. The molecule has 2 saturated carbocycles. The molecule has 19 heavy (non-hydrogen) atoms. The van der Waals surface area contributed by atoms with Gasteiger partial charge in [-0.3, -0.25) is 4.79 Å². The van der Waals surface area contributed by atoms with Gasteiger partial charge in [-0.1, -0.05) is 20.4 Å². The standard InChI is InChI=1S/C14H21NO3S/c1-9(2)12(16)15-11-7-10-5-6-14(11,13(10,3)4)8-19(15,17)18/h10-11H,1,5-8H2,2-4H3/t10-,11-,14?/m0/s1. The number of rotatable bonds is 1. The fourth-order valence-electron chi connectivity index (χ4n) is 4.74. The highest BCUT2D eigenvalue weighted by Crippen LogP contribution is 2.70. The average molecular weight is 283 g/mol. The highest BCUT2D eigenvalue weighted by molar-refractivity contribution is 7.90. The molecule has 106 valence electrons. The van der Waals surface area contributed by atoms with Crippen LogP contribution in [0, 0.1) is 16.7 Å². The van der Waals surface area contributed by atoms with Gasteiger partial charge < -0.3 is 0 Å². The predicted octanol–water partition coefficient (Wildman–Crippen LogP) is 1.93. The van der Waals surface area contributed by atoms with Crippen molar-refractivity contribution >= 4 is 15.9 Å². The largest absolute Gasteiger partial charge is 0.268 e. The zero-order valence-corrected chi connectivity index (χ0v) is 12.6. The van der Waals surface area contributed by atoms with E-state index in [2.05, 4.69) is 20.4 Å². The SMILES string of the molecule is C=C(C)C(=O)N1[C@H]2C[C@@H]3CCC2(CS1(=O)=O)C3(C)C. The second kappa shape index (κ2) is 3.43. The molecule has 3 atom stereocenters. The summed E-state index contributed by atoms with van der Waals surface area (Å²) in [5.74, 6) is 0.256. The normalized spacial score (nSPS) is 41.3. The molecular formula is C14H21NO3S. The van der Waals surface area contributed by atoms with Crippen molar-refractivity contribution in [3.63, 3.8) is 0 Å². The van der Waals surface area contributed by atoms with Gasteiger partial charge in [0.05, 0.1) is 11.8 Å². The summed E-state index contributed by atoms with van der Waals surface area (Å²) in [6.45, 7) is 9.56. The van der Waals surface area contributed by atoms with E-state index >= 15 is 0 Å². The molecule has 3 aliphatic rings.